The molecule has 7 rings (SSSR count). The van der Waals surface area contributed by atoms with Gasteiger partial charge in [0.25, 0.3) is 0 Å². The number of hydrogen-bond donors (Lipinski definition) is 3. The van der Waals surface area contributed by atoms with Crippen LogP contribution in [0.15, 0.2) is 36.4 Å². The number of amides is 1. The summed E-state index contributed by atoms with van der Waals surface area (Å²) in [6, 6.07) is 11.0. The molecule has 2 aliphatic heterocycles. The Kier molecular flexibility index (Phi) is 4.39. The van der Waals surface area contributed by atoms with Crippen molar-refractivity contribution in [2.75, 3.05) is 13.1 Å². The molecule has 2 saturated carbocycles. The van der Waals surface area contributed by atoms with Crippen LogP contribution in [0.25, 0.3) is 0 Å². The van der Waals surface area contributed by atoms with Gasteiger partial charge in [0.05, 0.1) is 17.4 Å². The summed E-state index contributed by atoms with van der Waals surface area (Å²) in [5.74, 6) is 0.839. The van der Waals surface area contributed by atoms with Crippen LogP contribution in [-0.4, -0.2) is 57.6 Å². The smallest absolute Gasteiger partial charge is 0.224 e. The van der Waals surface area contributed by atoms with E-state index in [0.29, 0.717) is 37.4 Å². The van der Waals surface area contributed by atoms with Gasteiger partial charge in [-0.15, -0.1) is 0 Å². The SMILES string of the molecule is O=C(Cc1ccccc1)N[C@@]12CCC(=O)C3Oc4c(O)cc(O)c5c4[C@@]31CCN(CC1CC1)[C@@H]2C5. The van der Waals surface area contributed by atoms with Gasteiger partial charge in [0, 0.05) is 36.2 Å². The van der Waals surface area contributed by atoms with Gasteiger partial charge in [-0.3, -0.25) is 14.5 Å². The number of likely N-dealkylation sites (tertiary alicyclic amines) is 1. The van der Waals surface area contributed by atoms with E-state index in [1.807, 2.05) is 30.3 Å². The van der Waals surface area contributed by atoms with E-state index in [0.717, 1.165) is 29.8 Å². The standard InChI is InChI=1S/C28H30N2O5/c31-19-8-9-28(29-23(34)12-16-4-2-1-3-5-16)22-13-18-20(32)14-21(33)25-24(18)27(28,26(19)35-25)10-11-30(22)15-17-6-7-17/h1-5,14,17,22,26,32-33H,6-13,15H2,(H,29,34)/t22-,26?,27+,28-/m1/s1. The number of phenols is 2. The van der Waals surface area contributed by atoms with Crippen LogP contribution in [0.5, 0.6) is 17.2 Å². The number of nitrogens with one attached hydrogen (secondary N) is 1. The first-order valence-corrected chi connectivity index (χ1v) is 12.8. The van der Waals surface area contributed by atoms with E-state index >= 15 is 0 Å². The van der Waals surface area contributed by atoms with Crippen molar-refractivity contribution in [1.82, 2.24) is 10.2 Å². The fraction of sp³-hybridized carbons (Fsp3) is 0.500. The molecule has 1 amide bonds. The van der Waals surface area contributed by atoms with Crippen molar-refractivity contribution in [2.24, 2.45) is 5.92 Å². The lowest BCUT2D eigenvalue weighted by molar-refractivity contribution is -0.150. The van der Waals surface area contributed by atoms with Crippen LogP contribution in [0.3, 0.4) is 0 Å². The molecule has 3 aliphatic carbocycles. The van der Waals surface area contributed by atoms with Crippen LogP contribution in [0.2, 0.25) is 0 Å². The van der Waals surface area contributed by atoms with Gasteiger partial charge >= 0.3 is 0 Å². The zero-order valence-corrected chi connectivity index (χ0v) is 19.6. The Hall–Kier alpha value is -3.06. The summed E-state index contributed by atoms with van der Waals surface area (Å²) in [5, 5.41) is 25.1. The number of hydrogen-bond acceptors (Lipinski definition) is 6. The third-order valence-corrected chi connectivity index (χ3v) is 9.29. The first-order valence-electron chi connectivity index (χ1n) is 12.8. The lowest BCUT2D eigenvalue weighted by atomic mass is 9.47. The van der Waals surface area contributed by atoms with E-state index in [1.165, 1.54) is 18.9 Å². The Morgan fingerprint density at radius 3 is 2.71 bits per heavy atom. The summed E-state index contributed by atoms with van der Waals surface area (Å²) in [6.45, 7) is 1.78. The molecule has 1 unspecified atom stereocenters. The van der Waals surface area contributed by atoms with E-state index < -0.39 is 17.1 Å². The Bertz CT molecular complexity index is 1240. The summed E-state index contributed by atoms with van der Waals surface area (Å²) >= 11 is 0. The number of rotatable bonds is 5. The highest BCUT2D eigenvalue weighted by molar-refractivity contribution is 5.91. The van der Waals surface area contributed by atoms with Gasteiger partial charge in [-0.25, -0.2) is 0 Å². The molecule has 7 heteroatoms. The summed E-state index contributed by atoms with van der Waals surface area (Å²) < 4.78 is 6.25. The van der Waals surface area contributed by atoms with Crippen LogP contribution >= 0.6 is 0 Å². The largest absolute Gasteiger partial charge is 0.508 e. The molecule has 182 valence electrons. The van der Waals surface area contributed by atoms with E-state index in [4.69, 9.17) is 4.74 Å². The Morgan fingerprint density at radius 1 is 1.14 bits per heavy atom. The second kappa shape index (κ2) is 7.23. The number of carbonyl (C=O) groups excluding carboxylic acids is 2. The Balaban J connectivity index is 1.39. The predicted molar refractivity (Wildman–Crippen MR) is 128 cm³/mol. The maximum absolute atomic E-state index is 13.6. The zero-order chi connectivity index (χ0) is 23.9. The number of aromatic hydroxyl groups is 2. The second-order valence-electron chi connectivity index (χ2n) is 11.1. The predicted octanol–water partition coefficient (Wildman–Crippen LogP) is 2.60. The average molecular weight is 475 g/mol. The van der Waals surface area contributed by atoms with Crippen LogP contribution in [0.4, 0.5) is 0 Å². The Labute approximate surface area is 204 Å². The molecule has 2 aromatic carbocycles. The highest BCUT2D eigenvalue weighted by Crippen LogP contribution is 2.66. The number of piperidine rings is 1. The first-order chi connectivity index (χ1) is 16.9. The van der Waals surface area contributed by atoms with Crippen molar-refractivity contribution in [3.05, 3.63) is 53.1 Å². The number of carbonyl (C=O) groups is 2. The maximum Gasteiger partial charge on any atom is 0.224 e. The number of ether oxygens (including phenoxy) is 1. The molecule has 0 radical (unpaired) electrons. The minimum absolute atomic E-state index is 0.00951. The van der Waals surface area contributed by atoms with Gasteiger partial charge in [-0.05, 0) is 50.1 Å². The summed E-state index contributed by atoms with van der Waals surface area (Å²) in [6.07, 6.45) is 4.01. The molecule has 0 aromatic heterocycles. The van der Waals surface area contributed by atoms with Gasteiger partial charge in [-0.2, -0.15) is 0 Å². The molecule has 7 nitrogen and oxygen atoms in total. The number of nitrogens with zero attached hydrogens (tertiary/aromatic N) is 1. The van der Waals surface area contributed by atoms with Crippen molar-refractivity contribution < 1.29 is 24.5 Å². The van der Waals surface area contributed by atoms with E-state index in [9.17, 15) is 19.8 Å². The number of ketones is 1. The van der Waals surface area contributed by atoms with E-state index in [2.05, 4.69) is 10.2 Å². The van der Waals surface area contributed by atoms with E-state index in [1.54, 1.807) is 0 Å². The topological polar surface area (TPSA) is 99.1 Å². The zero-order valence-electron chi connectivity index (χ0n) is 19.6. The molecule has 2 heterocycles. The van der Waals surface area contributed by atoms with Crippen molar-refractivity contribution in [3.8, 4) is 17.2 Å². The second-order valence-corrected chi connectivity index (χ2v) is 11.1. The molecule has 35 heavy (non-hydrogen) atoms. The van der Waals surface area contributed by atoms with Gasteiger partial charge in [-0.1, -0.05) is 30.3 Å². The first kappa shape index (κ1) is 21.2. The molecule has 1 saturated heterocycles. The fourth-order valence-corrected chi connectivity index (χ4v) is 7.70. The molecule has 3 N–H and O–H groups in total. The third kappa shape index (κ3) is 2.82. The van der Waals surface area contributed by atoms with E-state index in [-0.39, 0.29) is 35.7 Å². The normalized spacial score (nSPS) is 32.6. The molecular weight excluding hydrogens is 444 g/mol. The molecule has 3 fully saturated rings. The van der Waals surface area contributed by atoms with Gasteiger partial charge in [0.1, 0.15) is 5.75 Å². The third-order valence-electron chi connectivity index (χ3n) is 9.29. The molecule has 1 spiro atoms. The van der Waals surface area contributed by atoms with Crippen LogP contribution in [0, 0.1) is 5.92 Å². The highest BCUT2D eigenvalue weighted by Gasteiger charge is 2.74. The van der Waals surface area contributed by atoms with Gasteiger partial charge in [0.15, 0.2) is 23.4 Å². The number of phenolic OH excluding ortho intramolecular Hbond substituents is 2. The minimum Gasteiger partial charge on any atom is -0.508 e. The van der Waals surface area contributed by atoms with Crippen molar-refractivity contribution in [1.29, 1.82) is 0 Å². The summed E-state index contributed by atoms with van der Waals surface area (Å²) in [4.78, 5) is 29.4. The highest BCUT2D eigenvalue weighted by atomic mass is 16.5. The average Bonchev–Trinajstić information content (AvgIpc) is 3.57. The number of Topliss-reactive ketones (excluding diaryl/α,β-unsaturated/α-hetero) is 1. The molecule has 2 aromatic rings. The van der Waals surface area contributed by atoms with Gasteiger partial charge < -0.3 is 20.3 Å². The molecule has 2 bridgehead atoms. The fourth-order valence-electron chi connectivity index (χ4n) is 7.70. The lowest BCUT2D eigenvalue weighted by Crippen LogP contribution is -2.82. The minimum atomic E-state index is -0.793. The van der Waals surface area contributed by atoms with Gasteiger partial charge in [0.2, 0.25) is 5.91 Å². The van der Waals surface area contributed by atoms with Crippen LogP contribution < -0.4 is 10.1 Å². The van der Waals surface area contributed by atoms with Crippen molar-refractivity contribution >= 4 is 11.7 Å². The van der Waals surface area contributed by atoms with Crippen LogP contribution in [-0.2, 0) is 27.8 Å². The monoisotopic (exact) mass is 474 g/mol. The Morgan fingerprint density at radius 2 is 1.94 bits per heavy atom. The van der Waals surface area contributed by atoms with Crippen molar-refractivity contribution in [2.45, 2.75) is 68.0 Å². The molecular formula is C28H30N2O5. The molecule has 4 atom stereocenters. The van der Waals surface area contributed by atoms with Crippen molar-refractivity contribution in [3.63, 3.8) is 0 Å². The quantitative estimate of drug-likeness (QED) is 0.616. The summed E-state index contributed by atoms with van der Waals surface area (Å²) in [5.41, 5.74) is 0.947. The maximum atomic E-state index is 13.6. The molecule has 5 aliphatic rings. The number of benzene rings is 2. The lowest BCUT2D eigenvalue weighted by Gasteiger charge is -2.65. The van der Waals surface area contributed by atoms with Crippen LogP contribution in [0.1, 0.15) is 48.8 Å². The summed E-state index contributed by atoms with van der Waals surface area (Å²) in [7, 11) is 0.